The molecule has 0 aromatic heterocycles. The van der Waals surface area contributed by atoms with Gasteiger partial charge in [0.1, 0.15) is 0 Å². The summed E-state index contributed by atoms with van der Waals surface area (Å²) >= 11 is 0. The predicted octanol–water partition coefficient (Wildman–Crippen LogP) is 1.65. The number of nitrogens with zero attached hydrogens (tertiary/aromatic N) is 1. The van der Waals surface area contributed by atoms with Crippen LogP contribution in [0.4, 0.5) is 0 Å². The Labute approximate surface area is 116 Å². The topological polar surface area (TPSA) is 41.6 Å². The lowest BCUT2D eigenvalue weighted by molar-refractivity contribution is -0.135. The van der Waals surface area contributed by atoms with Crippen LogP contribution in [-0.2, 0) is 9.53 Å². The Morgan fingerprint density at radius 1 is 1.32 bits per heavy atom. The minimum atomic E-state index is 0.0120. The van der Waals surface area contributed by atoms with Crippen LogP contribution in [0.5, 0.6) is 0 Å². The molecule has 0 aromatic rings. The molecule has 2 rings (SSSR count). The molecule has 1 heterocycles. The van der Waals surface area contributed by atoms with Gasteiger partial charge in [0, 0.05) is 19.6 Å². The van der Waals surface area contributed by atoms with E-state index in [1.807, 2.05) is 11.9 Å². The zero-order valence-corrected chi connectivity index (χ0v) is 12.4. The van der Waals surface area contributed by atoms with Crippen molar-refractivity contribution in [3.05, 3.63) is 0 Å². The summed E-state index contributed by atoms with van der Waals surface area (Å²) in [6.07, 6.45) is 6.34. The highest BCUT2D eigenvalue weighted by atomic mass is 16.5. The van der Waals surface area contributed by atoms with Gasteiger partial charge in [-0.3, -0.25) is 4.79 Å². The second-order valence-corrected chi connectivity index (χ2v) is 6.07. The van der Waals surface area contributed by atoms with E-state index in [0.29, 0.717) is 13.2 Å². The minimum Gasteiger partial charge on any atom is -0.379 e. The normalized spacial score (nSPS) is 27.9. The summed E-state index contributed by atoms with van der Waals surface area (Å²) < 4.78 is 5.50. The summed E-state index contributed by atoms with van der Waals surface area (Å²) in [6.45, 7) is 5.29. The SMILES string of the molecule is CCCNC1COCC1C(=O)N(C)CC1CCCC1. The Bertz CT molecular complexity index is 290. The summed E-state index contributed by atoms with van der Waals surface area (Å²) in [5, 5.41) is 3.44. The summed E-state index contributed by atoms with van der Waals surface area (Å²) in [5.41, 5.74) is 0. The maximum Gasteiger partial charge on any atom is 0.229 e. The maximum absolute atomic E-state index is 12.5. The molecule has 2 atom stereocenters. The average molecular weight is 268 g/mol. The Balaban J connectivity index is 1.82. The number of ether oxygens (including phenoxy) is 1. The summed E-state index contributed by atoms with van der Waals surface area (Å²) in [7, 11) is 1.95. The fraction of sp³-hybridized carbons (Fsp3) is 0.933. The summed E-state index contributed by atoms with van der Waals surface area (Å²) in [5.74, 6) is 0.995. The molecule has 110 valence electrons. The largest absolute Gasteiger partial charge is 0.379 e. The van der Waals surface area contributed by atoms with E-state index >= 15 is 0 Å². The van der Waals surface area contributed by atoms with E-state index < -0.39 is 0 Å². The van der Waals surface area contributed by atoms with Crippen molar-refractivity contribution in [2.75, 3.05) is 33.4 Å². The monoisotopic (exact) mass is 268 g/mol. The molecule has 4 nitrogen and oxygen atoms in total. The van der Waals surface area contributed by atoms with Crippen LogP contribution >= 0.6 is 0 Å². The Kier molecular flexibility index (Phi) is 5.64. The first-order chi connectivity index (χ1) is 9.22. The van der Waals surface area contributed by atoms with Crippen molar-refractivity contribution in [2.45, 2.75) is 45.1 Å². The maximum atomic E-state index is 12.5. The number of carbonyl (C=O) groups is 1. The average Bonchev–Trinajstić information content (AvgIpc) is 3.06. The smallest absolute Gasteiger partial charge is 0.229 e. The number of amides is 1. The van der Waals surface area contributed by atoms with E-state index in [0.717, 1.165) is 25.4 Å². The second kappa shape index (κ2) is 7.25. The lowest BCUT2D eigenvalue weighted by atomic mass is 10.0. The van der Waals surface area contributed by atoms with Crippen LogP contribution in [0.2, 0.25) is 0 Å². The minimum absolute atomic E-state index is 0.0120. The highest BCUT2D eigenvalue weighted by Crippen LogP contribution is 2.26. The van der Waals surface area contributed by atoms with Gasteiger partial charge in [0.05, 0.1) is 19.1 Å². The van der Waals surface area contributed by atoms with Crippen LogP contribution in [0.25, 0.3) is 0 Å². The molecule has 0 bridgehead atoms. The molecule has 0 aromatic carbocycles. The molecule has 2 unspecified atom stereocenters. The van der Waals surface area contributed by atoms with E-state index in [1.165, 1.54) is 25.7 Å². The highest BCUT2D eigenvalue weighted by Gasteiger charge is 2.35. The van der Waals surface area contributed by atoms with Gasteiger partial charge in [0.2, 0.25) is 5.91 Å². The van der Waals surface area contributed by atoms with E-state index in [9.17, 15) is 4.79 Å². The van der Waals surface area contributed by atoms with E-state index in [1.54, 1.807) is 0 Å². The fourth-order valence-corrected chi connectivity index (χ4v) is 3.28. The highest BCUT2D eigenvalue weighted by molar-refractivity contribution is 5.79. The van der Waals surface area contributed by atoms with Crippen molar-refractivity contribution in [3.8, 4) is 0 Å². The van der Waals surface area contributed by atoms with Gasteiger partial charge in [-0.15, -0.1) is 0 Å². The van der Waals surface area contributed by atoms with Crippen molar-refractivity contribution < 1.29 is 9.53 Å². The van der Waals surface area contributed by atoms with Crippen LogP contribution in [0.1, 0.15) is 39.0 Å². The molecular weight excluding hydrogens is 240 g/mol. The Morgan fingerprint density at radius 2 is 2.05 bits per heavy atom. The molecule has 1 saturated heterocycles. The number of rotatable bonds is 6. The standard InChI is InChI=1S/C15H28N2O2/c1-3-8-16-14-11-19-10-13(14)15(18)17(2)9-12-6-4-5-7-12/h12-14,16H,3-11H2,1-2H3. The zero-order valence-electron chi connectivity index (χ0n) is 12.4. The van der Waals surface area contributed by atoms with Gasteiger partial charge >= 0.3 is 0 Å². The Hall–Kier alpha value is -0.610. The first kappa shape index (κ1) is 14.8. The Morgan fingerprint density at radius 3 is 2.74 bits per heavy atom. The van der Waals surface area contributed by atoms with E-state index in [4.69, 9.17) is 4.74 Å². The van der Waals surface area contributed by atoms with Gasteiger partial charge in [-0.05, 0) is 31.7 Å². The molecule has 1 aliphatic carbocycles. The molecule has 1 aliphatic heterocycles. The lowest BCUT2D eigenvalue weighted by Crippen LogP contribution is -2.45. The molecule has 0 spiro atoms. The third-order valence-electron chi connectivity index (χ3n) is 4.44. The number of carbonyl (C=O) groups excluding carboxylic acids is 1. The van der Waals surface area contributed by atoms with E-state index in [2.05, 4.69) is 12.2 Å². The van der Waals surface area contributed by atoms with Gasteiger partial charge < -0.3 is 15.0 Å². The van der Waals surface area contributed by atoms with Gasteiger partial charge in [-0.1, -0.05) is 19.8 Å². The van der Waals surface area contributed by atoms with Crippen molar-refractivity contribution in [1.29, 1.82) is 0 Å². The van der Waals surface area contributed by atoms with Crippen LogP contribution < -0.4 is 5.32 Å². The summed E-state index contributed by atoms with van der Waals surface area (Å²) in [4.78, 5) is 14.5. The van der Waals surface area contributed by atoms with Gasteiger partial charge in [-0.2, -0.15) is 0 Å². The van der Waals surface area contributed by atoms with Crippen LogP contribution in [-0.4, -0.2) is 50.2 Å². The molecule has 2 fully saturated rings. The first-order valence-corrected chi connectivity index (χ1v) is 7.78. The predicted molar refractivity (Wildman–Crippen MR) is 76.0 cm³/mol. The van der Waals surface area contributed by atoms with Gasteiger partial charge in [0.15, 0.2) is 0 Å². The number of hydrogen-bond donors (Lipinski definition) is 1. The molecule has 2 aliphatic rings. The molecule has 1 N–H and O–H groups in total. The lowest BCUT2D eigenvalue weighted by Gasteiger charge is -2.26. The first-order valence-electron chi connectivity index (χ1n) is 7.78. The molecule has 19 heavy (non-hydrogen) atoms. The van der Waals surface area contributed by atoms with Crippen molar-refractivity contribution in [1.82, 2.24) is 10.2 Å². The zero-order chi connectivity index (χ0) is 13.7. The third-order valence-corrected chi connectivity index (χ3v) is 4.44. The van der Waals surface area contributed by atoms with Crippen molar-refractivity contribution in [2.24, 2.45) is 11.8 Å². The molecular formula is C15H28N2O2. The van der Waals surface area contributed by atoms with Crippen LogP contribution in [0.15, 0.2) is 0 Å². The number of nitrogens with one attached hydrogen (secondary N) is 1. The van der Waals surface area contributed by atoms with Crippen molar-refractivity contribution >= 4 is 5.91 Å². The molecule has 1 saturated carbocycles. The number of hydrogen-bond acceptors (Lipinski definition) is 3. The van der Waals surface area contributed by atoms with E-state index in [-0.39, 0.29) is 17.9 Å². The second-order valence-electron chi connectivity index (χ2n) is 6.07. The van der Waals surface area contributed by atoms with Crippen molar-refractivity contribution in [3.63, 3.8) is 0 Å². The molecule has 4 heteroatoms. The molecule has 1 amide bonds. The van der Waals surface area contributed by atoms with Crippen LogP contribution in [0, 0.1) is 11.8 Å². The fourth-order valence-electron chi connectivity index (χ4n) is 3.28. The van der Waals surface area contributed by atoms with Gasteiger partial charge in [-0.25, -0.2) is 0 Å². The molecule has 0 radical (unpaired) electrons. The van der Waals surface area contributed by atoms with Gasteiger partial charge in [0.25, 0.3) is 0 Å². The van der Waals surface area contributed by atoms with Crippen LogP contribution in [0.3, 0.4) is 0 Å². The summed E-state index contributed by atoms with van der Waals surface area (Å²) in [6, 6.07) is 0.207. The third kappa shape index (κ3) is 3.93. The quantitative estimate of drug-likeness (QED) is 0.796.